The molecule has 1 saturated heterocycles. The number of carbonyl (C=O) groups is 1. The molecule has 7 heteroatoms. The molecule has 1 heterocycles. The van der Waals surface area contributed by atoms with Crippen LogP contribution in [0.5, 0.6) is 0 Å². The maximum absolute atomic E-state index is 11.1. The molecule has 14 heavy (non-hydrogen) atoms. The van der Waals surface area contributed by atoms with E-state index in [1.54, 1.807) is 6.92 Å². The van der Waals surface area contributed by atoms with Gasteiger partial charge in [0.05, 0.1) is 12.7 Å². The zero-order chi connectivity index (χ0) is 10.8. The predicted octanol–water partition coefficient (Wildman–Crippen LogP) is 0.0676. The molecule has 0 spiro atoms. The van der Waals surface area contributed by atoms with Crippen LogP contribution < -0.4 is 0 Å². The fourth-order valence-corrected chi connectivity index (χ4v) is 1.20. The van der Waals surface area contributed by atoms with Crippen molar-refractivity contribution < 1.29 is 26.7 Å². The van der Waals surface area contributed by atoms with Gasteiger partial charge in [0.2, 0.25) is 0 Å². The van der Waals surface area contributed by atoms with Gasteiger partial charge in [0.1, 0.15) is 0 Å². The summed E-state index contributed by atoms with van der Waals surface area (Å²) in [6.07, 6.45) is 1.68. The zero-order valence-corrected chi connectivity index (χ0v) is 8.28. The van der Waals surface area contributed by atoms with Crippen LogP contribution in [0.3, 0.4) is 0 Å². The van der Waals surface area contributed by atoms with Gasteiger partial charge < -0.3 is 8.92 Å². The number of rotatable bonds is 4. The highest BCUT2D eigenvalue weighted by Gasteiger charge is 2.28. The van der Waals surface area contributed by atoms with Crippen LogP contribution >= 0.6 is 0 Å². The van der Waals surface area contributed by atoms with Gasteiger partial charge in [-0.2, -0.15) is 8.42 Å². The molecule has 1 atom stereocenters. The van der Waals surface area contributed by atoms with E-state index in [0.717, 1.165) is 0 Å². The summed E-state index contributed by atoms with van der Waals surface area (Å²) in [7, 11) is -4.73. The van der Waals surface area contributed by atoms with Gasteiger partial charge in [0, 0.05) is 12.0 Å². The number of allylic oxidation sites excluding steroid dienone is 1. The Morgan fingerprint density at radius 1 is 1.71 bits per heavy atom. The van der Waals surface area contributed by atoms with Crippen molar-refractivity contribution in [3.05, 3.63) is 11.6 Å². The molecule has 80 valence electrons. The Hall–Kier alpha value is -0.920. The van der Waals surface area contributed by atoms with E-state index >= 15 is 0 Å². The summed E-state index contributed by atoms with van der Waals surface area (Å²) in [5, 5.41) is 0. The van der Waals surface area contributed by atoms with E-state index in [0.29, 0.717) is 13.0 Å². The molecule has 0 aromatic rings. The van der Waals surface area contributed by atoms with Crippen LogP contribution in [-0.2, 0) is 24.1 Å². The first kappa shape index (κ1) is 11.2. The lowest BCUT2D eigenvalue weighted by molar-refractivity contribution is -0.130. The third kappa shape index (κ3) is 3.86. The van der Waals surface area contributed by atoms with Gasteiger partial charge in [-0.15, -0.1) is 0 Å². The third-order valence-electron chi connectivity index (χ3n) is 1.64. The van der Waals surface area contributed by atoms with E-state index in [-0.39, 0.29) is 11.7 Å². The molecule has 1 unspecified atom stereocenters. The fourth-order valence-electron chi connectivity index (χ4n) is 0.899. The van der Waals surface area contributed by atoms with Crippen LogP contribution in [0, 0.1) is 0 Å². The first-order chi connectivity index (χ1) is 6.42. The van der Waals surface area contributed by atoms with Crippen molar-refractivity contribution in [2.24, 2.45) is 0 Å². The Balaban J connectivity index is 2.56. The van der Waals surface area contributed by atoms with Crippen molar-refractivity contribution in [3.63, 3.8) is 0 Å². The number of hydrogen-bond donors (Lipinski definition) is 1. The molecule has 1 rings (SSSR count). The SMILES string of the molecule is CC=C(CC1CO1)C(=O)OS(=O)(=O)O. The summed E-state index contributed by atoms with van der Waals surface area (Å²) in [5.74, 6) is -1.06. The minimum Gasteiger partial charge on any atom is -0.373 e. The van der Waals surface area contributed by atoms with E-state index in [1.165, 1.54) is 6.08 Å². The molecule has 1 aliphatic heterocycles. The standard InChI is InChI=1S/C7H10O6S/c1-2-5(3-6-4-12-6)7(8)13-14(9,10)11/h2,6H,3-4H2,1H3,(H,9,10,11). The Kier molecular flexibility index (Phi) is 3.25. The lowest BCUT2D eigenvalue weighted by Crippen LogP contribution is -2.14. The Labute approximate surface area is 81.5 Å². The van der Waals surface area contributed by atoms with Crippen LogP contribution in [0.4, 0.5) is 0 Å². The molecule has 1 fully saturated rings. The maximum Gasteiger partial charge on any atom is 0.449 e. The van der Waals surface area contributed by atoms with Crippen molar-refractivity contribution in [1.82, 2.24) is 0 Å². The largest absolute Gasteiger partial charge is 0.449 e. The second-order valence-electron chi connectivity index (χ2n) is 2.77. The van der Waals surface area contributed by atoms with Crippen LogP contribution in [-0.4, -0.2) is 31.7 Å². The van der Waals surface area contributed by atoms with Crippen LogP contribution in [0.2, 0.25) is 0 Å². The summed E-state index contributed by atoms with van der Waals surface area (Å²) >= 11 is 0. The Morgan fingerprint density at radius 2 is 2.29 bits per heavy atom. The molecule has 1 aliphatic rings. The Morgan fingerprint density at radius 3 is 2.64 bits per heavy atom. The van der Waals surface area contributed by atoms with Gasteiger partial charge in [-0.1, -0.05) is 6.08 Å². The number of ether oxygens (including phenoxy) is 1. The van der Waals surface area contributed by atoms with Crippen molar-refractivity contribution in [1.29, 1.82) is 0 Å². The molecular formula is C7H10O6S. The minimum atomic E-state index is -4.73. The van der Waals surface area contributed by atoms with Crippen LogP contribution in [0.15, 0.2) is 11.6 Å². The van der Waals surface area contributed by atoms with Crippen molar-refractivity contribution >= 4 is 16.4 Å². The fraction of sp³-hybridized carbons (Fsp3) is 0.571. The molecule has 0 aromatic heterocycles. The van der Waals surface area contributed by atoms with Crippen LogP contribution in [0.25, 0.3) is 0 Å². The summed E-state index contributed by atoms with van der Waals surface area (Å²) in [6, 6.07) is 0. The first-order valence-corrected chi connectivity index (χ1v) is 5.27. The van der Waals surface area contributed by atoms with E-state index in [4.69, 9.17) is 9.29 Å². The van der Waals surface area contributed by atoms with Crippen LogP contribution in [0.1, 0.15) is 13.3 Å². The smallest absolute Gasteiger partial charge is 0.373 e. The first-order valence-electron chi connectivity index (χ1n) is 3.90. The lowest BCUT2D eigenvalue weighted by Gasteiger charge is -2.02. The molecule has 0 aliphatic carbocycles. The molecule has 1 N–H and O–H groups in total. The Bertz CT molecular complexity index is 350. The van der Waals surface area contributed by atoms with E-state index in [2.05, 4.69) is 4.18 Å². The van der Waals surface area contributed by atoms with Gasteiger partial charge in [0.15, 0.2) is 0 Å². The molecule has 0 amide bonds. The molecular weight excluding hydrogens is 212 g/mol. The number of hydrogen-bond acceptors (Lipinski definition) is 5. The second kappa shape index (κ2) is 4.07. The molecule has 0 radical (unpaired) electrons. The van der Waals surface area contributed by atoms with Gasteiger partial charge in [-0.05, 0) is 6.92 Å². The summed E-state index contributed by atoms with van der Waals surface area (Å²) in [4.78, 5) is 11.1. The zero-order valence-electron chi connectivity index (χ0n) is 7.47. The highest BCUT2D eigenvalue weighted by Crippen LogP contribution is 2.20. The number of epoxide rings is 1. The monoisotopic (exact) mass is 222 g/mol. The minimum absolute atomic E-state index is 0.0462. The second-order valence-corrected chi connectivity index (χ2v) is 3.79. The van der Waals surface area contributed by atoms with Gasteiger partial charge in [0.25, 0.3) is 0 Å². The van der Waals surface area contributed by atoms with E-state index in [9.17, 15) is 13.2 Å². The topological polar surface area (TPSA) is 93.2 Å². The molecule has 0 saturated carbocycles. The summed E-state index contributed by atoms with van der Waals surface area (Å²) in [5.41, 5.74) is 0.171. The van der Waals surface area contributed by atoms with Crippen molar-refractivity contribution in [3.8, 4) is 0 Å². The summed E-state index contributed by atoms with van der Waals surface area (Å²) < 4.78 is 37.3. The normalized spacial score (nSPS) is 21.9. The van der Waals surface area contributed by atoms with Gasteiger partial charge in [-0.3, -0.25) is 4.55 Å². The highest BCUT2D eigenvalue weighted by molar-refractivity contribution is 7.81. The molecule has 0 aromatic carbocycles. The van der Waals surface area contributed by atoms with E-state index in [1.807, 2.05) is 0 Å². The summed E-state index contributed by atoms with van der Waals surface area (Å²) in [6.45, 7) is 2.12. The lowest BCUT2D eigenvalue weighted by atomic mass is 10.1. The quantitative estimate of drug-likeness (QED) is 0.411. The predicted molar refractivity (Wildman–Crippen MR) is 45.8 cm³/mol. The third-order valence-corrected chi connectivity index (χ3v) is 2.00. The molecule has 6 nitrogen and oxygen atoms in total. The maximum atomic E-state index is 11.1. The van der Waals surface area contributed by atoms with Crippen molar-refractivity contribution in [2.45, 2.75) is 19.4 Å². The van der Waals surface area contributed by atoms with E-state index < -0.39 is 16.4 Å². The number of carbonyl (C=O) groups excluding carboxylic acids is 1. The van der Waals surface area contributed by atoms with Gasteiger partial charge in [-0.25, -0.2) is 4.79 Å². The van der Waals surface area contributed by atoms with Gasteiger partial charge >= 0.3 is 16.4 Å². The van der Waals surface area contributed by atoms with Crippen molar-refractivity contribution in [2.75, 3.05) is 6.61 Å². The highest BCUT2D eigenvalue weighted by atomic mass is 32.3. The average molecular weight is 222 g/mol. The average Bonchev–Trinajstić information content (AvgIpc) is 2.79. The molecule has 0 bridgehead atoms.